The maximum Gasteiger partial charge on any atom is 0.219 e. The molecule has 17 heavy (non-hydrogen) atoms. The number of hydrogen-bond donors (Lipinski definition) is 2. The molecular weight excluding hydrogens is 212 g/mol. The zero-order valence-electron chi connectivity index (χ0n) is 10.9. The molecule has 2 N–H and O–H groups in total. The van der Waals surface area contributed by atoms with Gasteiger partial charge in [0, 0.05) is 25.7 Å². The molecule has 0 saturated heterocycles. The van der Waals surface area contributed by atoms with Gasteiger partial charge in [0.25, 0.3) is 0 Å². The Labute approximate surface area is 104 Å². The van der Waals surface area contributed by atoms with E-state index in [-0.39, 0.29) is 5.91 Å². The smallest absolute Gasteiger partial charge is 0.219 e. The Balaban J connectivity index is 2.36. The molecule has 0 saturated carbocycles. The van der Waals surface area contributed by atoms with Crippen molar-refractivity contribution in [3.8, 4) is 0 Å². The van der Waals surface area contributed by atoms with Gasteiger partial charge < -0.3 is 10.6 Å². The van der Waals surface area contributed by atoms with Crippen LogP contribution < -0.4 is 10.6 Å². The number of nitrogens with one attached hydrogen (secondary N) is 2. The average Bonchev–Trinajstić information content (AvgIpc) is 2.34. The highest BCUT2D eigenvalue weighted by atomic mass is 16.1. The quantitative estimate of drug-likeness (QED) is 0.743. The van der Waals surface area contributed by atoms with Crippen LogP contribution in [0.2, 0.25) is 0 Å². The summed E-state index contributed by atoms with van der Waals surface area (Å²) in [6, 6.07) is 8.44. The van der Waals surface area contributed by atoms with E-state index in [0.717, 1.165) is 18.7 Å². The molecule has 0 fully saturated rings. The third kappa shape index (κ3) is 4.89. The topological polar surface area (TPSA) is 41.1 Å². The highest BCUT2D eigenvalue weighted by Crippen LogP contribution is 2.18. The Kier molecular flexibility index (Phi) is 5.53. The SMILES string of the molecule is CNC(=O)CCCNc1cccc(C(C)C)c1. The molecule has 0 unspecified atom stereocenters. The molecule has 1 aromatic rings. The fourth-order valence-corrected chi connectivity index (χ4v) is 1.61. The highest BCUT2D eigenvalue weighted by Gasteiger charge is 2.00. The van der Waals surface area contributed by atoms with Gasteiger partial charge in [-0.25, -0.2) is 0 Å². The minimum Gasteiger partial charge on any atom is -0.385 e. The predicted molar refractivity (Wildman–Crippen MR) is 72.3 cm³/mol. The summed E-state index contributed by atoms with van der Waals surface area (Å²) in [4.78, 5) is 11.0. The Hall–Kier alpha value is -1.51. The van der Waals surface area contributed by atoms with Crippen molar-refractivity contribution in [2.24, 2.45) is 0 Å². The summed E-state index contributed by atoms with van der Waals surface area (Å²) < 4.78 is 0. The molecule has 0 aliphatic rings. The fraction of sp³-hybridized carbons (Fsp3) is 0.500. The van der Waals surface area contributed by atoms with Gasteiger partial charge in [0.15, 0.2) is 0 Å². The number of hydrogen-bond acceptors (Lipinski definition) is 2. The molecule has 1 rings (SSSR count). The van der Waals surface area contributed by atoms with Gasteiger partial charge >= 0.3 is 0 Å². The molecule has 3 heteroatoms. The van der Waals surface area contributed by atoms with E-state index in [9.17, 15) is 4.79 Å². The first kappa shape index (κ1) is 13.6. The average molecular weight is 234 g/mol. The van der Waals surface area contributed by atoms with E-state index in [4.69, 9.17) is 0 Å². The Morgan fingerprint density at radius 3 is 2.76 bits per heavy atom. The largest absolute Gasteiger partial charge is 0.385 e. The molecule has 94 valence electrons. The zero-order valence-corrected chi connectivity index (χ0v) is 10.9. The summed E-state index contributed by atoms with van der Waals surface area (Å²) >= 11 is 0. The van der Waals surface area contributed by atoms with E-state index in [1.807, 2.05) is 0 Å². The number of benzene rings is 1. The molecule has 3 nitrogen and oxygen atoms in total. The molecular formula is C14H22N2O. The highest BCUT2D eigenvalue weighted by molar-refractivity contribution is 5.75. The zero-order chi connectivity index (χ0) is 12.7. The first-order valence-electron chi connectivity index (χ1n) is 6.18. The maximum absolute atomic E-state index is 11.0. The summed E-state index contributed by atoms with van der Waals surface area (Å²) in [6.45, 7) is 5.20. The number of anilines is 1. The lowest BCUT2D eigenvalue weighted by Crippen LogP contribution is -2.18. The van der Waals surface area contributed by atoms with E-state index in [2.05, 4.69) is 48.7 Å². The third-order valence-electron chi connectivity index (χ3n) is 2.74. The second kappa shape index (κ2) is 6.94. The van der Waals surface area contributed by atoms with Gasteiger partial charge in [0.1, 0.15) is 0 Å². The summed E-state index contributed by atoms with van der Waals surface area (Å²) in [5.74, 6) is 0.644. The van der Waals surface area contributed by atoms with E-state index in [1.165, 1.54) is 5.56 Å². The summed E-state index contributed by atoms with van der Waals surface area (Å²) in [5, 5.41) is 5.96. The number of amides is 1. The first-order chi connectivity index (χ1) is 8.13. The van der Waals surface area contributed by atoms with Gasteiger partial charge in [-0.1, -0.05) is 26.0 Å². The molecule has 1 amide bonds. The van der Waals surface area contributed by atoms with Crippen LogP contribution in [-0.4, -0.2) is 19.5 Å². The van der Waals surface area contributed by atoms with Crippen molar-refractivity contribution in [1.82, 2.24) is 5.32 Å². The molecule has 0 aromatic heterocycles. The molecule has 0 radical (unpaired) electrons. The van der Waals surface area contributed by atoms with Crippen LogP contribution in [0.25, 0.3) is 0 Å². The molecule has 0 atom stereocenters. The lowest BCUT2D eigenvalue weighted by molar-refractivity contribution is -0.120. The standard InChI is InChI=1S/C14H22N2O/c1-11(2)12-6-4-7-13(10-12)16-9-5-8-14(17)15-3/h4,6-7,10-11,16H,5,8-9H2,1-3H3,(H,15,17). The van der Waals surface area contributed by atoms with Gasteiger partial charge in [-0.05, 0) is 30.0 Å². The monoisotopic (exact) mass is 234 g/mol. The van der Waals surface area contributed by atoms with Crippen LogP contribution in [0.4, 0.5) is 5.69 Å². The van der Waals surface area contributed by atoms with Gasteiger partial charge in [0.05, 0.1) is 0 Å². The Morgan fingerprint density at radius 1 is 1.35 bits per heavy atom. The summed E-state index contributed by atoms with van der Waals surface area (Å²) in [7, 11) is 1.67. The summed E-state index contributed by atoms with van der Waals surface area (Å²) in [5.41, 5.74) is 2.47. The summed E-state index contributed by atoms with van der Waals surface area (Å²) in [6.07, 6.45) is 1.43. The second-order valence-electron chi connectivity index (χ2n) is 4.48. The molecule has 0 aliphatic carbocycles. The van der Waals surface area contributed by atoms with Crippen molar-refractivity contribution in [3.05, 3.63) is 29.8 Å². The van der Waals surface area contributed by atoms with Crippen LogP contribution in [0.1, 0.15) is 38.2 Å². The van der Waals surface area contributed by atoms with Crippen molar-refractivity contribution in [1.29, 1.82) is 0 Å². The van der Waals surface area contributed by atoms with Gasteiger partial charge in [-0.3, -0.25) is 4.79 Å². The van der Waals surface area contributed by atoms with Crippen LogP contribution in [-0.2, 0) is 4.79 Å². The van der Waals surface area contributed by atoms with E-state index in [1.54, 1.807) is 7.05 Å². The predicted octanol–water partition coefficient (Wildman–Crippen LogP) is 2.75. The Bertz CT molecular complexity index is 361. The van der Waals surface area contributed by atoms with Gasteiger partial charge in [-0.15, -0.1) is 0 Å². The van der Waals surface area contributed by atoms with Crippen LogP contribution >= 0.6 is 0 Å². The molecule has 0 heterocycles. The van der Waals surface area contributed by atoms with Crippen LogP contribution in [0.3, 0.4) is 0 Å². The van der Waals surface area contributed by atoms with E-state index in [0.29, 0.717) is 12.3 Å². The van der Waals surface area contributed by atoms with Gasteiger partial charge in [0.2, 0.25) is 5.91 Å². The number of rotatable bonds is 6. The minimum absolute atomic E-state index is 0.0998. The van der Waals surface area contributed by atoms with Gasteiger partial charge in [-0.2, -0.15) is 0 Å². The number of carbonyl (C=O) groups excluding carboxylic acids is 1. The van der Waals surface area contributed by atoms with Crippen molar-refractivity contribution in [2.45, 2.75) is 32.6 Å². The molecule has 0 bridgehead atoms. The van der Waals surface area contributed by atoms with Crippen LogP contribution in [0.15, 0.2) is 24.3 Å². The molecule has 0 aliphatic heterocycles. The molecule has 0 spiro atoms. The van der Waals surface area contributed by atoms with Crippen molar-refractivity contribution in [2.75, 3.05) is 18.9 Å². The fourth-order valence-electron chi connectivity index (χ4n) is 1.61. The van der Waals surface area contributed by atoms with Crippen molar-refractivity contribution < 1.29 is 4.79 Å². The van der Waals surface area contributed by atoms with Crippen LogP contribution in [0, 0.1) is 0 Å². The number of carbonyl (C=O) groups is 1. The van der Waals surface area contributed by atoms with E-state index < -0.39 is 0 Å². The first-order valence-corrected chi connectivity index (χ1v) is 6.18. The van der Waals surface area contributed by atoms with E-state index >= 15 is 0 Å². The lowest BCUT2D eigenvalue weighted by Gasteiger charge is -2.10. The van der Waals surface area contributed by atoms with Crippen molar-refractivity contribution >= 4 is 11.6 Å². The minimum atomic E-state index is 0.0998. The lowest BCUT2D eigenvalue weighted by atomic mass is 10.0. The Morgan fingerprint density at radius 2 is 2.12 bits per heavy atom. The third-order valence-corrected chi connectivity index (χ3v) is 2.74. The van der Waals surface area contributed by atoms with Crippen LogP contribution in [0.5, 0.6) is 0 Å². The second-order valence-corrected chi connectivity index (χ2v) is 4.48. The maximum atomic E-state index is 11.0. The van der Waals surface area contributed by atoms with Crippen molar-refractivity contribution in [3.63, 3.8) is 0 Å². The normalized spacial score (nSPS) is 10.4. The molecule has 1 aromatic carbocycles.